The lowest BCUT2D eigenvalue weighted by atomic mass is 10.00. The first-order valence-electron chi connectivity index (χ1n) is 17.1. The minimum Gasteiger partial charge on any atom is -0.462 e. The second-order valence-corrected chi connectivity index (χ2v) is 12.8. The molecule has 46 heavy (non-hydrogen) atoms. The summed E-state index contributed by atoms with van der Waals surface area (Å²) in [6.07, 6.45) is 32.0. The maximum absolute atomic E-state index is 12.3. The summed E-state index contributed by atoms with van der Waals surface area (Å²) in [6, 6.07) is 0. The second kappa shape index (κ2) is 30.1. The fourth-order valence-electron chi connectivity index (χ4n) is 4.16. The van der Waals surface area contributed by atoms with Gasteiger partial charge in [-0.05, 0) is 50.9 Å². The molecule has 0 aliphatic carbocycles. The zero-order chi connectivity index (χ0) is 34.3. The molecular weight excluding hydrogens is 607 g/mol. The molecule has 0 aromatic rings. The van der Waals surface area contributed by atoms with Crippen LogP contribution in [0.15, 0.2) is 60.8 Å². The Morgan fingerprint density at radius 3 is 1.93 bits per heavy atom. The molecule has 0 saturated heterocycles. The van der Waals surface area contributed by atoms with E-state index >= 15 is 0 Å². The quantitative estimate of drug-likeness (QED) is 0.0235. The molecule has 0 aromatic carbocycles. The first-order chi connectivity index (χ1) is 22.1. The van der Waals surface area contributed by atoms with Crippen LogP contribution >= 0.6 is 7.82 Å². The van der Waals surface area contributed by atoms with Crippen LogP contribution in [0.3, 0.4) is 0 Å². The summed E-state index contributed by atoms with van der Waals surface area (Å²) in [6.45, 7) is 5.54. The third-order valence-corrected chi connectivity index (χ3v) is 7.73. The van der Waals surface area contributed by atoms with Gasteiger partial charge in [0.25, 0.3) is 0 Å². The Morgan fingerprint density at radius 1 is 0.717 bits per heavy atom. The molecule has 0 saturated carbocycles. The van der Waals surface area contributed by atoms with Gasteiger partial charge < -0.3 is 24.4 Å². The first kappa shape index (κ1) is 43.7. The number of phosphoric acid groups is 1. The Bertz CT molecular complexity index is 965. The van der Waals surface area contributed by atoms with Gasteiger partial charge >= 0.3 is 19.8 Å². The molecular formula is C36H61O9P. The van der Waals surface area contributed by atoms with Crippen LogP contribution in [-0.4, -0.2) is 52.3 Å². The minimum atomic E-state index is -4.77. The van der Waals surface area contributed by atoms with Crippen molar-refractivity contribution in [1.29, 1.82) is 0 Å². The molecule has 0 fully saturated rings. The SMILES string of the molecule is CCC(C)CCCCCCCCC(=O)OC[C@H](COP(=O)(O)O)OC(=O)CCC/C=C\C/C=C\C/C=C\C/C=C\C=C\[C@H](O)CC. The Morgan fingerprint density at radius 2 is 1.30 bits per heavy atom. The smallest absolute Gasteiger partial charge is 0.462 e. The van der Waals surface area contributed by atoms with Crippen LogP contribution in [0, 0.1) is 5.92 Å². The summed E-state index contributed by atoms with van der Waals surface area (Å²) < 4.78 is 26.1. The molecule has 3 N–H and O–H groups in total. The number of esters is 2. The van der Waals surface area contributed by atoms with Crippen molar-refractivity contribution in [1.82, 2.24) is 0 Å². The molecule has 0 aromatic heterocycles. The molecule has 0 heterocycles. The average molecular weight is 669 g/mol. The van der Waals surface area contributed by atoms with Gasteiger partial charge in [-0.15, -0.1) is 0 Å². The molecule has 0 spiro atoms. The number of rotatable bonds is 29. The highest BCUT2D eigenvalue weighted by molar-refractivity contribution is 7.46. The van der Waals surface area contributed by atoms with Crippen molar-refractivity contribution in [3.63, 3.8) is 0 Å². The third kappa shape index (κ3) is 31.7. The minimum absolute atomic E-state index is 0.117. The van der Waals surface area contributed by atoms with Crippen molar-refractivity contribution in [3.8, 4) is 0 Å². The number of aliphatic hydroxyl groups is 1. The summed E-state index contributed by atoms with van der Waals surface area (Å²) in [4.78, 5) is 42.5. The third-order valence-electron chi connectivity index (χ3n) is 7.25. The zero-order valence-electron chi connectivity index (χ0n) is 28.5. The Balaban J connectivity index is 4.18. The molecule has 3 atom stereocenters. The summed E-state index contributed by atoms with van der Waals surface area (Å²) in [7, 11) is -4.77. The van der Waals surface area contributed by atoms with Crippen LogP contribution in [0.2, 0.25) is 0 Å². The van der Waals surface area contributed by atoms with Gasteiger partial charge in [0.05, 0.1) is 12.7 Å². The summed E-state index contributed by atoms with van der Waals surface area (Å²) in [5.74, 6) is -0.206. The predicted molar refractivity (Wildman–Crippen MR) is 185 cm³/mol. The highest BCUT2D eigenvalue weighted by atomic mass is 31.2. The van der Waals surface area contributed by atoms with E-state index in [2.05, 4.69) is 42.7 Å². The maximum Gasteiger partial charge on any atom is 0.469 e. The van der Waals surface area contributed by atoms with Gasteiger partial charge in [0, 0.05) is 12.8 Å². The normalized spacial score (nSPS) is 14.7. The van der Waals surface area contributed by atoms with Gasteiger partial charge in [0.15, 0.2) is 6.10 Å². The Kier molecular flexibility index (Phi) is 28.6. The van der Waals surface area contributed by atoms with E-state index in [4.69, 9.17) is 19.3 Å². The maximum atomic E-state index is 12.3. The van der Waals surface area contributed by atoms with Gasteiger partial charge in [0.1, 0.15) is 6.61 Å². The van der Waals surface area contributed by atoms with E-state index in [1.54, 1.807) is 6.08 Å². The molecule has 0 radical (unpaired) electrons. The highest BCUT2D eigenvalue weighted by Crippen LogP contribution is 2.35. The van der Waals surface area contributed by atoms with Crippen molar-refractivity contribution < 1.29 is 43.0 Å². The molecule has 1 unspecified atom stereocenters. The van der Waals surface area contributed by atoms with Crippen molar-refractivity contribution >= 4 is 19.8 Å². The molecule has 0 aliphatic heterocycles. The standard InChI is InChI=1S/C36H61O9P/c1-4-32(3)26-22-18-16-17-20-24-28-35(38)43-30-34(31-44-46(40,41)42)45-36(39)29-25-21-15-13-11-9-7-6-8-10-12-14-19-23-27-33(37)5-2/h7-10,13-15,19,23,27,32-34,37H,4-6,11-12,16-18,20-22,24-26,28-31H2,1-3H3,(H2,40,41,42)/b9-7-,10-8-,15-13-,19-14-,27-23+/t32?,33-,34-/m1/s1. The highest BCUT2D eigenvalue weighted by Gasteiger charge is 2.22. The van der Waals surface area contributed by atoms with E-state index in [0.717, 1.165) is 44.4 Å². The number of phosphoric ester groups is 1. The van der Waals surface area contributed by atoms with E-state index in [9.17, 15) is 19.3 Å². The van der Waals surface area contributed by atoms with E-state index < -0.39 is 32.5 Å². The van der Waals surface area contributed by atoms with Crippen LogP contribution < -0.4 is 0 Å². The first-order valence-corrected chi connectivity index (χ1v) is 18.6. The van der Waals surface area contributed by atoms with E-state index in [-0.39, 0.29) is 25.6 Å². The molecule has 10 heteroatoms. The molecule has 0 rings (SSSR count). The van der Waals surface area contributed by atoms with E-state index in [1.807, 2.05) is 37.3 Å². The summed E-state index contributed by atoms with van der Waals surface area (Å²) >= 11 is 0. The number of allylic oxidation sites excluding steroid dienone is 9. The second-order valence-electron chi connectivity index (χ2n) is 11.6. The number of unbranched alkanes of at least 4 members (excludes halogenated alkanes) is 6. The molecule has 0 bridgehead atoms. The Hall–Kier alpha value is -2.29. The van der Waals surface area contributed by atoms with Crippen molar-refractivity contribution in [3.05, 3.63) is 60.8 Å². The van der Waals surface area contributed by atoms with Gasteiger partial charge in [-0.25, -0.2) is 4.57 Å². The van der Waals surface area contributed by atoms with Crippen LogP contribution in [0.5, 0.6) is 0 Å². The monoisotopic (exact) mass is 668 g/mol. The summed E-state index contributed by atoms with van der Waals surface area (Å²) in [5.41, 5.74) is 0. The molecule has 9 nitrogen and oxygen atoms in total. The predicted octanol–water partition coefficient (Wildman–Crippen LogP) is 8.61. The van der Waals surface area contributed by atoms with Gasteiger partial charge in [-0.1, -0.05) is 126 Å². The fourth-order valence-corrected chi connectivity index (χ4v) is 4.52. The Labute approximate surface area is 278 Å². The number of carbonyl (C=O) groups excluding carboxylic acids is 2. The average Bonchev–Trinajstić information content (AvgIpc) is 3.02. The van der Waals surface area contributed by atoms with E-state index in [0.29, 0.717) is 25.7 Å². The topological polar surface area (TPSA) is 140 Å². The van der Waals surface area contributed by atoms with Crippen LogP contribution in [0.25, 0.3) is 0 Å². The fraction of sp³-hybridized carbons (Fsp3) is 0.667. The van der Waals surface area contributed by atoms with Crippen molar-refractivity contribution in [2.75, 3.05) is 13.2 Å². The zero-order valence-corrected chi connectivity index (χ0v) is 29.4. The number of aliphatic hydroxyl groups excluding tert-OH is 1. The van der Waals surface area contributed by atoms with Crippen molar-refractivity contribution in [2.45, 2.75) is 136 Å². The van der Waals surface area contributed by atoms with Crippen LogP contribution in [0.4, 0.5) is 0 Å². The number of hydrogen-bond donors (Lipinski definition) is 3. The molecule has 264 valence electrons. The lowest BCUT2D eigenvalue weighted by Gasteiger charge is -2.18. The largest absolute Gasteiger partial charge is 0.469 e. The van der Waals surface area contributed by atoms with Crippen molar-refractivity contribution in [2.24, 2.45) is 5.92 Å². The number of carbonyl (C=O) groups is 2. The summed E-state index contributed by atoms with van der Waals surface area (Å²) in [5, 5.41) is 9.43. The van der Waals surface area contributed by atoms with Gasteiger partial charge in [0.2, 0.25) is 0 Å². The lowest BCUT2D eigenvalue weighted by Crippen LogP contribution is -2.29. The number of ether oxygens (including phenoxy) is 2. The van der Waals surface area contributed by atoms with Crippen LogP contribution in [-0.2, 0) is 28.2 Å². The number of hydrogen-bond acceptors (Lipinski definition) is 7. The van der Waals surface area contributed by atoms with Gasteiger partial charge in [-0.3, -0.25) is 14.1 Å². The van der Waals surface area contributed by atoms with Gasteiger partial charge in [-0.2, -0.15) is 0 Å². The molecule has 0 aliphatic rings. The van der Waals surface area contributed by atoms with Crippen LogP contribution in [0.1, 0.15) is 124 Å². The lowest BCUT2D eigenvalue weighted by molar-refractivity contribution is -0.161. The molecule has 0 amide bonds. The van der Waals surface area contributed by atoms with E-state index in [1.165, 1.54) is 25.7 Å².